The molecule has 3 nitrogen and oxygen atoms in total. The minimum absolute atomic E-state index is 0.161. The van der Waals surface area contributed by atoms with Gasteiger partial charge in [0, 0.05) is 15.6 Å². The summed E-state index contributed by atoms with van der Waals surface area (Å²) in [6.07, 6.45) is 2.93. The molecular weight excluding hydrogens is 258 g/mol. The predicted molar refractivity (Wildman–Crippen MR) is 62.1 cm³/mol. The van der Waals surface area contributed by atoms with Crippen molar-refractivity contribution in [1.29, 1.82) is 0 Å². The van der Waals surface area contributed by atoms with Gasteiger partial charge in [0.25, 0.3) is 0 Å². The number of aromatic hydroxyl groups is 1. The first-order chi connectivity index (χ1) is 7.08. The minimum Gasteiger partial charge on any atom is -0.504 e. The number of rotatable bonds is 2. The number of hydrogen-bond acceptors (Lipinski definition) is 3. The second kappa shape index (κ2) is 3.68. The first-order valence-corrected chi connectivity index (χ1v) is 5.72. The van der Waals surface area contributed by atoms with E-state index in [1.165, 1.54) is 7.11 Å². The molecule has 1 fully saturated rings. The Morgan fingerprint density at radius 3 is 2.60 bits per heavy atom. The largest absolute Gasteiger partial charge is 0.504 e. The topological polar surface area (TPSA) is 55.5 Å². The zero-order chi connectivity index (χ0) is 11.1. The molecule has 0 bridgehead atoms. The standard InChI is InChI=1S/C11H14BrNO2/c1-15-8-4-3-7(12)9(10(8)14)11(13)5-2-6-11/h3-4,14H,2,5-6,13H2,1H3. The molecule has 4 heteroatoms. The predicted octanol–water partition coefficient (Wildman–Crippen LogP) is 2.50. The third kappa shape index (κ3) is 1.62. The first kappa shape index (κ1) is 10.8. The maximum absolute atomic E-state index is 10.0. The third-order valence-electron chi connectivity index (χ3n) is 3.05. The van der Waals surface area contributed by atoms with Crippen molar-refractivity contribution in [2.45, 2.75) is 24.8 Å². The highest BCUT2D eigenvalue weighted by atomic mass is 79.9. The zero-order valence-electron chi connectivity index (χ0n) is 8.59. The summed E-state index contributed by atoms with van der Waals surface area (Å²) in [7, 11) is 1.54. The molecule has 0 aromatic heterocycles. The highest BCUT2D eigenvalue weighted by Crippen LogP contribution is 2.48. The van der Waals surface area contributed by atoms with Crippen molar-refractivity contribution in [3.05, 3.63) is 22.2 Å². The summed E-state index contributed by atoms with van der Waals surface area (Å²) in [5.74, 6) is 0.638. The second-order valence-electron chi connectivity index (χ2n) is 3.98. The maximum atomic E-state index is 10.0. The summed E-state index contributed by atoms with van der Waals surface area (Å²) >= 11 is 3.43. The number of halogens is 1. The lowest BCUT2D eigenvalue weighted by Gasteiger charge is -2.39. The summed E-state index contributed by atoms with van der Waals surface area (Å²) in [5.41, 5.74) is 6.58. The van der Waals surface area contributed by atoms with Crippen LogP contribution in [0.1, 0.15) is 24.8 Å². The van der Waals surface area contributed by atoms with Crippen molar-refractivity contribution >= 4 is 15.9 Å². The van der Waals surface area contributed by atoms with E-state index >= 15 is 0 Å². The van der Waals surface area contributed by atoms with Crippen LogP contribution < -0.4 is 10.5 Å². The molecule has 1 saturated carbocycles. The first-order valence-electron chi connectivity index (χ1n) is 4.93. The molecule has 3 N–H and O–H groups in total. The number of methoxy groups -OCH3 is 1. The number of ether oxygens (including phenoxy) is 1. The summed E-state index contributed by atoms with van der Waals surface area (Å²) in [5, 5.41) is 10.0. The van der Waals surface area contributed by atoms with Crippen LogP contribution in [-0.4, -0.2) is 12.2 Å². The van der Waals surface area contributed by atoms with Crippen molar-refractivity contribution in [2.75, 3.05) is 7.11 Å². The van der Waals surface area contributed by atoms with Gasteiger partial charge in [0.05, 0.1) is 7.11 Å². The van der Waals surface area contributed by atoms with Crippen LogP contribution in [0.2, 0.25) is 0 Å². The highest BCUT2D eigenvalue weighted by Gasteiger charge is 2.38. The fourth-order valence-electron chi connectivity index (χ4n) is 1.99. The van der Waals surface area contributed by atoms with Crippen LogP contribution in [0.15, 0.2) is 16.6 Å². The number of nitrogens with two attached hydrogens (primary N) is 1. The fourth-order valence-corrected chi connectivity index (χ4v) is 2.71. The van der Waals surface area contributed by atoms with Crippen molar-refractivity contribution in [3.8, 4) is 11.5 Å². The van der Waals surface area contributed by atoms with Gasteiger partial charge in [0.1, 0.15) is 0 Å². The van der Waals surface area contributed by atoms with Crippen LogP contribution in [0.25, 0.3) is 0 Å². The Balaban J connectivity index is 2.53. The average molecular weight is 272 g/mol. The third-order valence-corrected chi connectivity index (χ3v) is 3.71. The SMILES string of the molecule is COc1ccc(Br)c(C2(N)CCC2)c1O. The van der Waals surface area contributed by atoms with Crippen molar-refractivity contribution in [1.82, 2.24) is 0 Å². The Labute approximate surface area is 97.4 Å². The van der Waals surface area contributed by atoms with E-state index in [-0.39, 0.29) is 5.75 Å². The number of hydrogen-bond donors (Lipinski definition) is 2. The monoisotopic (exact) mass is 271 g/mol. The lowest BCUT2D eigenvalue weighted by atomic mass is 9.72. The molecule has 82 valence electrons. The number of benzene rings is 1. The van der Waals surface area contributed by atoms with E-state index in [1.54, 1.807) is 6.07 Å². The molecule has 0 radical (unpaired) electrons. The van der Waals surface area contributed by atoms with Gasteiger partial charge in [-0.15, -0.1) is 0 Å². The molecule has 15 heavy (non-hydrogen) atoms. The van der Waals surface area contributed by atoms with Crippen LogP contribution in [0.3, 0.4) is 0 Å². The van der Waals surface area contributed by atoms with Crippen molar-refractivity contribution in [2.24, 2.45) is 5.73 Å². The van der Waals surface area contributed by atoms with Crippen LogP contribution in [-0.2, 0) is 5.54 Å². The summed E-state index contributed by atoms with van der Waals surface area (Å²) < 4.78 is 5.93. The number of phenols is 1. The Morgan fingerprint density at radius 2 is 2.13 bits per heavy atom. The molecule has 1 aromatic carbocycles. The van der Waals surface area contributed by atoms with Gasteiger partial charge in [-0.2, -0.15) is 0 Å². The molecule has 1 aliphatic rings. The molecule has 0 saturated heterocycles. The van der Waals surface area contributed by atoms with Gasteiger partial charge in [0.2, 0.25) is 0 Å². The maximum Gasteiger partial charge on any atom is 0.163 e. The molecule has 0 atom stereocenters. The Kier molecular flexibility index (Phi) is 2.64. The fraction of sp³-hybridized carbons (Fsp3) is 0.455. The lowest BCUT2D eigenvalue weighted by Crippen LogP contribution is -2.43. The molecule has 1 aliphatic carbocycles. The summed E-state index contributed by atoms with van der Waals surface area (Å²) in [6.45, 7) is 0. The van der Waals surface area contributed by atoms with Gasteiger partial charge in [-0.25, -0.2) is 0 Å². The highest BCUT2D eigenvalue weighted by molar-refractivity contribution is 9.10. The molecule has 2 rings (SSSR count). The van der Waals surface area contributed by atoms with Crippen LogP contribution in [0.5, 0.6) is 11.5 Å². The van der Waals surface area contributed by atoms with Gasteiger partial charge >= 0.3 is 0 Å². The van der Waals surface area contributed by atoms with Gasteiger partial charge in [0.15, 0.2) is 11.5 Å². The average Bonchev–Trinajstić information content (AvgIpc) is 2.15. The summed E-state index contributed by atoms with van der Waals surface area (Å²) in [6, 6.07) is 3.59. The van der Waals surface area contributed by atoms with Gasteiger partial charge in [-0.3, -0.25) is 0 Å². The minimum atomic E-state index is -0.391. The van der Waals surface area contributed by atoms with E-state index < -0.39 is 5.54 Å². The number of phenolic OH excluding ortho intramolecular Hbond substituents is 1. The second-order valence-corrected chi connectivity index (χ2v) is 4.84. The van der Waals surface area contributed by atoms with Crippen molar-refractivity contribution in [3.63, 3.8) is 0 Å². The van der Waals surface area contributed by atoms with Crippen LogP contribution in [0, 0.1) is 0 Å². The van der Waals surface area contributed by atoms with Crippen LogP contribution in [0.4, 0.5) is 0 Å². The smallest absolute Gasteiger partial charge is 0.163 e. The van der Waals surface area contributed by atoms with Gasteiger partial charge in [-0.05, 0) is 31.4 Å². The van der Waals surface area contributed by atoms with E-state index in [4.69, 9.17) is 10.5 Å². The van der Waals surface area contributed by atoms with E-state index in [9.17, 15) is 5.11 Å². The lowest BCUT2D eigenvalue weighted by molar-refractivity contribution is 0.241. The Morgan fingerprint density at radius 1 is 1.47 bits per heavy atom. The van der Waals surface area contributed by atoms with E-state index in [0.717, 1.165) is 29.3 Å². The van der Waals surface area contributed by atoms with E-state index in [2.05, 4.69) is 15.9 Å². The normalized spacial score (nSPS) is 18.3. The molecule has 0 aliphatic heterocycles. The Bertz CT molecular complexity index is 388. The molecular formula is C11H14BrNO2. The molecule has 1 aromatic rings. The van der Waals surface area contributed by atoms with Gasteiger partial charge < -0.3 is 15.6 Å². The quantitative estimate of drug-likeness (QED) is 0.869. The van der Waals surface area contributed by atoms with Crippen molar-refractivity contribution < 1.29 is 9.84 Å². The van der Waals surface area contributed by atoms with Gasteiger partial charge in [-0.1, -0.05) is 15.9 Å². The van der Waals surface area contributed by atoms with E-state index in [0.29, 0.717) is 5.75 Å². The molecule has 0 spiro atoms. The molecule has 0 amide bonds. The molecule has 0 heterocycles. The molecule has 0 unspecified atom stereocenters. The van der Waals surface area contributed by atoms with Crippen LogP contribution >= 0.6 is 15.9 Å². The van der Waals surface area contributed by atoms with E-state index in [1.807, 2.05) is 6.07 Å². The Hall–Kier alpha value is -0.740. The zero-order valence-corrected chi connectivity index (χ0v) is 10.2. The summed E-state index contributed by atoms with van der Waals surface area (Å²) in [4.78, 5) is 0.